The van der Waals surface area contributed by atoms with Crippen LogP contribution < -0.4 is 0 Å². The monoisotopic (exact) mass is 217 g/mol. The predicted octanol–water partition coefficient (Wildman–Crippen LogP) is 3.20. The highest BCUT2D eigenvalue weighted by molar-refractivity contribution is 5.84. The predicted molar refractivity (Wildman–Crippen MR) is 67.6 cm³/mol. The maximum Gasteiger partial charge on any atom is 0.0840 e. The summed E-state index contributed by atoms with van der Waals surface area (Å²) < 4.78 is 2.23. The van der Waals surface area contributed by atoms with Crippen molar-refractivity contribution < 1.29 is 5.11 Å². The van der Waals surface area contributed by atoms with Gasteiger partial charge < -0.3 is 9.67 Å². The van der Waals surface area contributed by atoms with Crippen molar-refractivity contribution in [1.82, 2.24) is 4.57 Å². The first kappa shape index (κ1) is 11.2. The molecule has 1 heterocycles. The molecule has 0 aliphatic rings. The number of benzene rings is 1. The quantitative estimate of drug-likeness (QED) is 0.821. The lowest BCUT2D eigenvalue weighted by Crippen LogP contribution is -2.15. The third-order valence-electron chi connectivity index (χ3n) is 3.13. The normalized spacial score (nSPS) is 12.3. The Labute approximate surface area is 96.5 Å². The summed E-state index contributed by atoms with van der Waals surface area (Å²) in [5.74, 6) is 0. The zero-order valence-corrected chi connectivity index (χ0v) is 10.4. The summed E-state index contributed by atoms with van der Waals surface area (Å²) in [7, 11) is 0. The molecular weight excluding hydrogens is 198 g/mol. The Balaban J connectivity index is 2.67. The van der Waals surface area contributed by atoms with Crippen LogP contribution in [0.5, 0.6) is 0 Å². The number of nitrogens with zero attached hydrogens (tertiary/aromatic N) is 1. The lowest BCUT2D eigenvalue weighted by Gasteiger charge is -2.18. The van der Waals surface area contributed by atoms with Crippen molar-refractivity contribution in [1.29, 1.82) is 0 Å². The van der Waals surface area contributed by atoms with Crippen molar-refractivity contribution in [3.05, 3.63) is 35.5 Å². The van der Waals surface area contributed by atoms with E-state index in [1.165, 1.54) is 16.5 Å². The van der Waals surface area contributed by atoms with Crippen LogP contribution in [0.2, 0.25) is 0 Å². The number of aryl methyl sites for hydroxylation is 2. The molecule has 0 saturated heterocycles. The van der Waals surface area contributed by atoms with Crippen molar-refractivity contribution in [2.24, 2.45) is 0 Å². The van der Waals surface area contributed by atoms with Gasteiger partial charge in [-0.15, -0.1) is 0 Å². The Bertz CT molecular complexity index is 517. The van der Waals surface area contributed by atoms with E-state index in [4.69, 9.17) is 0 Å². The Morgan fingerprint density at radius 1 is 1.31 bits per heavy atom. The molecule has 0 saturated carbocycles. The molecule has 0 aliphatic carbocycles. The van der Waals surface area contributed by atoms with Crippen LogP contribution >= 0.6 is 0 Å². The Morgan fingerprint density at radius 2 is 2.00 bits per heavy atom. The molecular formula is C14H19NO. The highest BCUT2D eigenvalue weighted by Crippen LogP contribution is 2.27. The molecule has 86 valence electrons. The van der Waals surface area contributed by atoms with Crippen molar-refractivity contribution in [2.75, 3.05) is 0 Å². The molecule has 0 amide bonds. The molecule has 0 radical (unpaired) electrons. The van der Waals surface area contributed by atoms with Crippen LogP contribution in [0.25, 0.3) is 10.9 Å². The molecule has 2 rings (SSSR count). The molecule has 0 spiro atoms. The second-order valence-electron chi connectivity index (χ2n) is 4.89. The van der Waals surface area contributed by atoms with Gasteiger partial charge in [-0.2, -0.15) is 0 Å². The van der Waals surface area contributed by atoms with Crippen LogP contribution in [0.1, 0.15) is 31.9 Å². The van der Waals surface area contributed by atoms with E-state index < -0.39 is 5.60 Å². The van der Waals surface area contributed by atoms with Gasteiger partial charge in [0.15, 0.2) is 0 Å². The summed E-state index contributed by atoms with van der Waals surface area (Å²) in [5, 5.41) is 11.2. The van der Waals surface area contributed by atoms with Crippen LogP contribution in [0.3, 0.4) is 0 Å². The maximum atomic E-state index is 10.00. The smallest absolute Gasteiger partial charge is 0.0840 e. The third-order valence-corrected chi connectivity index (χ3v) is 3.13. The number of hydrogen-bond acceptors (Lipinski definition) is 1. The van der Waals surface area contributed by atoms with Gasteiger partial charge in [-0.3, -0.25) is 0 Å². The first-order valence-corrected chi connectivity index (χ1v) is 5.76. The third kappa shape index (κ3) is 1.74. The number of aliphatic hydroxyl groups is 1. The number of hydrogen-bond donors (Lipinski definition) is 1. The second-order valence-corrected chi connectivity index (χ2v) is 4.89. The number of aromatic nitrogens is 1. The van der Waals surface area contributed by atoms with Gasteiger partial charge >= 0.3 is 0 Å². The Kier molecular flexibility index (Phi) is 2.55. The van der Waals surface area contributed by atoms with E-state index in [0.29, 0.717) is 0 Å². The van der Waals surface area contributed by atoms with E-state index in [-0.39, 0.29) is 0 Å². The first-order valence-electron chi connectivity index (χ1n) is 5.76. The summed E-state index contributed by atoms with van der Waals surface area (Å²) in [6.45, 7) is 8.87. The van der Waals surface area contributed by atoms with Gasteiger partial charge in [0, 0.05) is 23.6 Å². The highest BCUT2D eigenvalue weighted by atomic mass is 16.3. The molecule has 0 atom stereocenters. The molecule has 2 nitrogen and oxygen atoms in total. The fourth-order valence-electron chi connectivity index (χ4n) is 2.12. The first-order chi connectivity index (χ1) is 7.43. The Morgan fingerprint density at radius 3 is 2.56 bits per heavy atom. The van der Waals surface area contributed by atoms with E-state index in [9.17, 15) is 5.11 Å². The van der Waals surface area contributed by atoms with E-state index in [2.05, 4.69) is 36.7 Å². The molecule has 0 unspecified atom stereocenters. The summed E-state index contributed by atoms with van der Waals surface area (Å²) in [4.78, 5) is 0. The van der Waals surface area contributed by atoms with Crippen molar-refractivity contribution in [3.63, 3.8) is 0 Å². The number of rotatable bonds is 2. The van der Waals surface area contributed by atoms with Gasteiger partial charge in [0.1, 0.15) is 0 Å². The van der Waals surface area contributed by atoms with Crippen LogP contribution in [-0.2, 0) is 12.1 Å². The highest BCUT2D eigenvalue weighted by Gasteiger charge is 2.17. The van der Waals surface area contributed by atoms with Gasteiger partial charge in [-0.1, -0.05) is 6.07 Å². The summed E-state index contributed by atoms with van der Waals surface area (Å²) in [6, 6.07) is 6.20. The van der Waals surface area contributed by atoms with Crippen LogP contribution in [0.4, 0.5) is 0 Å². The average Bonchev–Trinajstić information content (AvgIpc) is 2.54. The molecule has 0 bridgehead atoms. The van der Waals surface area contributed by atoms with E-state index >= 15 is 0 Å². The largest absolute Gasteiger partial charge is 0.386 e. The SMILES string of the molecule is CCn1cc(C)c2cc(C(C)(C)O)ccc21. The van der Waals surface area contributed by atoms with Crippen molar-refractivity contribution >= 4 is 10.9 Å². The average molecular weight is 217 g/mol. The fourth-order valence-corrected chi connectivity index (χ4v) is 2.12. The molecule has 0 fully saturated rings. The van der Waals surface area contributed by atoms with Gasteiger partial charge in [0.05, 0.1) is 5.60 Å². The van der Waals surface area contributed by atoms with Gasteiger partial charge in [-0.25, -0.2) is 0 Å². The molecule has 1 aromatic heterocycles. The van der Waals surface area contributed by atoms with E-state index in [1.807, 2.05) is 19.9 Å². The fraction of sp³-hybridized carbons (Fsp3) is 0.429. The minimum Gasteiger partial charge on any atom is -0.386 e. The topological polar surface area (TPSA) is 25.2 Å². The van der Waals surface area contributed by atoms with Crippen molar-refractivity contribution in [2.45, 2.75) is 39.8 Å². The second kappa shape index (κ2) is 3.63. The minimum atomic E-state index is -0.769. The van der Waals surface area contributed by atoms with Gasteiger partial charge in [0.25, 0.3) is 0 Å². The summed E-state index contributed by atoms with van der Waals surface area (Å²) in [5.41, 5.74) is 2.71. The molecule has 16 heavy (non-hydrogen) atoms. The molecule has 1 aromatic carbocycles. The lowest BCUT2D eigenvalue weighted by molar-refractivity contribution is 0.0787. The van der Waals surface area contributed by atoms with Crippen molar-refractivity contribution in [3.8, 4) is 0 Å². The summed E-state index contributed by atoms with van der Waals surface area (Å²) in [6.07, 6.45) is 2.17. The number of fused-ring (bicyclic) bond motifs is 1. The lowest BCUT2D eigenvalue weighted by atomic mass is 9.96. The zero-order chi connectivity index (χ0) is 11.9. The standard InChI is InChI=1S/C14H19NO/c1-5-15-9-10(2)12-8-11(14(3,4)16)6-7-13(12)15/h6-9,16H,5H2,1-4H3. The van der Waals surface area contributed by atoms with Crippen LogP contribution in [-0.4, -0.2) is 9.67 Å². The van der Waals surface area contributed by atoms with Gasteiger partial charge in [0.2, 0.25) is 0 Å². The Hall–Kier alpha value is -1.28. The van der Waals surface area contributed by atoms with E-state index in [0.717, 1.165) is 12.1 Å². The van der Waals surface area contributed by atoms with Crippen LogP contribution in [0, 0.1) is 6.92 Å². The summed E-state index contributed by atoms with van der Waals surface area (Å²) >= 11 is 0. The minimum absolute atomic E-state index is 0.769. The zero-order valence-electron chi connectivity index (χ0n) is 10.4. The maximum absolute atomic E-state index is 10.00. The van der Waals surface area contributed by atoms with Crippen LogP contribution in [0.15, 0.2) is 24.4 Å². The van der Waals surface area contributed by atoms with E-state index in [1.54, 1.807) is 0 Å². The molecule has 2 aromatic rings. The van der Waals surface area contributed by atoms with Gasteiger partial charge in [-0.05, 0) is 51.0 Å². The molecule has 2 heteroatoms. The molecule has 1 N–H and O–H groups in total. The molecule has 0 aliphatic heterocycles.